The fourth-order valence-electron chi connectivity index (χ4n) is 2.12. The van der Waals surface area contributed by atoms with E-state index in [1.807, 2.05) is 20.8 Å². The first-order valence-electron chi connectivity index (χ1n) is 6.69. The van der Waals surface area contributed by atoms with Gasteiger partial charge < -0.3 is 9.64 Å². The minimum Gasteiger partial charge on any atom is -0.444 e. The molecule has 108 valence electrons. The Labute approximate surface area is 114 Å². The molecule has 5 nitrogen and oxygen atoms in total. The van der Waals surface area contributed by atoms with Crippen LogP contribution in [0.15, 0.2) is 0 Å². The molecule has 0 radical (unpaired) electrons. The SMILES string of the molecule is CC(=O)CC(=O)[C@@H]1CCCN(C(=O)OC(C)(C)C)C1. The summed E-state index contributed by atoms with van der Waals surface area (Å²) in [5, 5.41) is 0. The van der Waals surface area contributed by atoms with Gasteiger partial charge in [-0.05, 0) is 40.5 Å². The fraction of sp³-hybridized carbons (Fsp3) is 0.786. The van der Waals surface area contributed by atoms with Crippen molar-refractivity contribution >= 4 is 17.7 Å². The van der Waals surface area contributed by atoms with Crippen LogP contribution < -0.4 is 0 Å². The highest BCUT2D eigenvalue weighted by atomic mass is 16.6. The fourth-order valence-corrected chi connectivity index (χ4v) is 2.12. The average Bonchev–Trinajstić information content (AvgIpc) is 2.26. The molecule has 19 heavy (non-hydrogen) atoms. The van der Waals surface area contributed by atoms with Gasteiger partial charge in [-0.2, -0.15) is 0 Å². The van der Waals surface area contributed by atoms with Crippen LogP contribution in [0.1, 0.15) is 47.0 Å². The molecule has 0 N–H and O–H groups in total. The van der Waals surface area contributed by atoms with Crippen molar-refractivity contribution in [1.29, 1.82) is 0 Å². The highest BCUT2D eigenvalue weighted by molar-refractivity contribution is 5.99. The molecule has 0 aliphatic carbocycles. The third-order valence-corrected chi connectivity index (χ3v) is 2.95. The average molecular weight is 269 g/mol. The highest BCUT2D eigenvalue weighted by Crippen LogP contribution is 2.21. The molecule has 5 heteroatoms. The van der Waals surface area contributed by atoms with Crippen molar-refractivity contribution in [3.05, 3.63) is 0 Å². The van der Waals surface area contributed by atoms with Gasteiger partial charge in [-0.3, -0.25) is 9.59 Å². The number of hydrogen-bond donors (Lipinski definition) is 0. The number of ether oxygens (including phenoxy) is 1. The molecule has 1 heterocycles. The van der Waals surface area contributed by atoms with E-state index >= 15 is 0 Å². The quantitative estimate of drug-likeness (QED) is 0.737. The number of likely N-dealkylation sites (tertiary alicyclic amines) is 1. The predicted octanol–water partition coefficient (Wildman–Crippen LogP) is 2.18. The Morgan fingerprint density at radius 1 is 1.26 bits per heavy atom. The molecule has 0 unspecified atom stereocenters. The minimum atomic E-state index is -0.534. The Morgan fingerprint density at radius 2 is 1.89 bits per heavy atom. The van der Waals surface area contributed by atoms with Gasteiger partial charge in [-0.15, -0.1) is 0 Å². The summed E-state index contributed by atoms with van der Waals surface area (Å²) in [6, 6.07) is 0. The third kappa shape index (κ3) is 5.41. The molecule has 0 aromatic carbocycles. The van der Waals surface area contributed by atoms with Gasteiger partial charge >= 0.3 is 6.09 Å². The van der Waals surface area contributed by atoms with E-state index in [-0.39, 0.29) is 30.0 Å². The van der Waals surface area contributed by atoms with Gasteiger partial charge in [0.05, 0.1) is 6.42 Å². The number of ketones is 2. The van der Waals surface area contributed by atoms with Gasteiger partial charge in [0, 0.05) is 19.0 Å². The number of carbonyl (C=O) groups is 3. The van der Waals surface area contributed by atoms with Crippen molar-refractivity contribution in [2.24, 2.45) is 5.92 Å². The summed E-state index contributed by atoms with van der Waals surface area (Å²) < 4.78 is 5.30. The van der Waals surface area contributed by atoms with Crippen molar-refractivity contribution in [2.45, 2.75) is 52.6 Å². The molecule has 0 bridgehead atoms. The number of Topliss-reactive ketones (excluding diaryl/α,β-unsaturated/α-hetero) is 2. The Kier molecular flexibility index (Phi) is 5.09. The first kappa shape index (κ1) is 15.7. The first-order valence-corrected chi connectivity index (χ1v) is 6.69. The summed E-state index contributed by atoms with van der Waals surface area (Å²) in [6.45, 7) is 7.82. The normalized spacial score (nSPS) is 20.0. The molecule has 0 aromatic rings. The smallest absolute Gasteiger partial charge is 0.410 e. The van der Waals surface area contributed by atoms with Gasteiger partial charge in [0.25, 0.3) is 0 Å². The summed E-state index contributed by atoms with van der Waals surface area (Å²) in [5.41, 5.74) is -0.534. The molecule has 1 atom stereocenters. The molecule has 1 fully saturated rings. The molecule has 0 spiro atoms. The van der Waals surface area contributed by atoms with Crippen LogP contribution >= 0.6 is 0 Å². The Morgan fingerprint density at radius 3 is 2.42 bits per heavy atom. The monoisotopic (exact) mass is 269 g/mol. The van der Waals surface area contributed by atoms with Crippen LogP contribution in [0.2, 0.25) is 0 Å². The minimum absolute atomic E-state index is 0.0349. The van der Waals surface area contributed by atoms with Crippen molar-refractivity contribution in [2.75, 3.05) is 13.1 Å². The largest absolute Gasteiger partial charge is 0.444 e. The number of carbonyl (C=O) groups excluding carboxylic acids is 3. The van der Waals surface area contributed by atoms with Crippen molar-refractivity contribution in [3.63, 3.8) is 0 Å². The van der Waals surface area contributed by atoms with E-state index in [4.69, 9.17) is 4.74 Å². The molecular weight excluding hydrogens is 246 g/mol. The second kappa shape index (κ2) is 6.17. The lowest BCUT2D eigenvalue weighted by Gasteiger charge is -2.33. The Hall–Kier alpha value is -1.39. The summed E-state index contributed by atoms with van der Waals surface area (Å²) in [5.74, 6) is -0.426. The maximum atomic E-state index is 11.9. The maximum absolute atomic E-state index is 11.9. The predicted molar refractivity (Wildman–Crippen MR) is 70.8 cm³/mol. The third-order valence-electron chi connectivity index (χ3n) is 2.95. The second-order valence-corrected chi connectivity index (χ2v) is 6.11. The maximum Gasteiger partial charge on any atom is 0.410 e. The van der Waals surface area contributed by atoms with Crippen LogP contribution in [0.25, 0.3) is 0 Å². The molecular formula is C14H23NO4. The number of amides is 1. The zero-order chi connectivity index (χ0) is 14.6. The van der Waals surface area contributed by atoms with E-state index in [2.05, 4.69) is 0 Å². The number of rotatable bonds is 3. The van der Waals surface area contributed by atoms with E-state index in [0.29, 0.717) is 13.1 Å². The van der Waals surface area contributed by atoms with Crippen LogP contribution in [-0.4, -0.2) is 41.3 Å². The zero-order valence-corrected chi connectivity index (χ0v) is 12.2. The zero-order valence-electron chi connectivity index (χ0n) is 12.2. The van der Waals surface area contributed by atoms with Gasteiger partial charge in [0.1, 0.15) is 17.2 Å². The topological polar surface area (TPSA) is 63.7 Å². The van der Waals surface area contributed by atoms with E-state index < -0.39 is 5.60 Å². The summed E-state index contributed by atoms with van der Waals surface area (Å²) in [4.78, 5) is 36.3. The number of piperidine rings is 1. The van der Waals surface area contributed by atoms with Gasteiger partial charge in [-0.25, -0.2) is 4.79 Å². The number of hydrogen-bond acceptors (Lipinski definition) is 4. The van der Waals surface area contributed by atoms with Gasteiger partial charge in [0.15, 0.2) is 0 Å². The molecule has 1 rings (SSSR count). The Balaban J connectivity index is 2.57. The summed E-state index contributed by atoms with van der Waals surface area (Å²) in [7, 11) is 0. The van der Waals surface area contributed by atoms with Crippen molar-refractivity contribution in [1.82, 2.24) is 4.90 Å². The Bertz CT molecular complexity index is 370. The van der Waals surface area contributed by atoms with Gasteiger partial charge in [-0.1, -0.05) is 0 Å². The molecule has 1 aliphatic heterocycles. The molecule has 1 saturated heterocycles. The molecule has 1 aliphatic rings. The molecule has 1 amide bonds. The van der Waals surface area contributed by atoms with Gasteiger partial charge in [0.2, 0.25) is 0 Å². The molecule has 0 aromatic heterocycles. The van der Waals surface area contributed by atoms with Crippen molar-refractivity contribution < 1.29 is 19.1 Å². The molecule has 0 saturated carbocycles. The lowest BCUT2D eigenvalue weighted by Crippen LogP contribution is -2.44. The van der Waals surface area contributed by atoms with Crippen LogP contribution in [-0.2, 0) is 14.3 Å². The van der Waals surface area contributed by atoms with Crippen LogP contribution in [0.4, 0.5) is 4.79 Å². The van der Waals surface area contributed by atoms with Crippen LogP contribution in [0.5, 0.6) is 0 Å². The summed E-state index contributed by atoms with van der Waals surface area (Å²) >= 11 is 0. The first-order chi connectivity index (χ1) is 8.69. The van der Waals surface area contributed by atoms with E-state index in [1.165, 1.54) is 6.92 Å². The second-order valence-electron chi connectivity index (χ2n) is 6.11. The summed E-state index contributed by atoms with van der Waals surface area (Å²) in [6.07, 6.45) is 1.10. The van der Waals surface area contributed by atoms with E-state index in [1.54, 1.807) is 4.90 Å². The van der Waals surface area contributed by atoms with Crippen LogP contribution in [0.3, 0.4) is 0 Å². The van der Waals surface area contributed by atoms with E-state index in [9.17, 15) is 14.4 Å². The lowest BCUT2D eigenvalue weighted by atomic mass is 9.91. The number of nitrogens with zero attached hydrogens (tertiary/aromatic N) is 1. The standard InChI is InChI=1S/C14H23NO4/c1-10(16)8-12(17)11-6-5-7-15(9-11)13(18)19-14(2,3)4/h11H,5-9H2,1-4H3/t11-/m1/s1. The lowest BCUT2D eigenvalue weighted by molar-refractivity contribution is -0.129. The van der Waals surface area contributed by atoms with Crippen molar-refractivity contribution in [3.8, 4) is 0 Å². The highest BCUT2D eigenvalue weighted by Gasteiger charge is 2.31. The van der Waals surface area contributed by atoms with E-state index in [0.717, 1.165) is 12.8 Å². The van der Waals surface area contributed by atoms with Crippen LogP contribution in [0, 0.1) is 5.92 Å².